The van der Waals surface area contributed by atoms with E-state index in [0.29, 0.717) is 12.8 Å². The van der Waals surface area contributed by atoms with Gasteiger partial charge in [0, 0.05) is 0 Å². The number of ether oxygens (including phenoxy) is 1. The number of methoxy groups -OCH3 is 1. The van der Waals surface area contributed by atoms with E-state index in [1.54, 1.807) is 7.11 Å². The van der Waals surface area contributed by atoms with Gasteiger partial charge in [0.2, 0.25) is 0 Å². The lowest BCUT2D eigenvalue weighted by atomic mass is 9.92. The number of aliphatic carboxylic acids is 1. The second-order valence-electron chi connectivity index (χ2n) is 4.77. The summed E-state index contributed by atoms with van der Waals surface area (Å²) in [5.41, 5.74) is 1.89. The molecule has 2 aromatic carbocycles. The van der Waals surface area contributed by atoms with Crippen LogP contribution in [0, 0.1) is 0 Å². The van der Waals surface area contributed by atoms with Crippen LogP contribution in [0.2, 0.25) is 0 Å². The molecule has 0 aliphatic rings. The van der Waals surface area contributed by atoms with Crippen molar-refractivity contribution in [3.63, 3.8) is 0 Å². The van der Waals surface area contributed by atoms with Crippen molar-refractivity contribution in [2.24, 2.45) is 0 Å². The fraction of sp³-hybridized carbons (Fsp3) is 0.235. The number of halogens is 1. The first-order chi connectivity index (χ1) is 10.1. The molecule has 0 heterocycles. The number of carboxylic acids is 1. The number of carboxylic acid groups (broad SMARTS) is 1. The summed E-state index contributed by atoms with van der Waals surface area (Å²) in [4.78, 5) is 11.5. The van der Waals surface area contributed by atoms with E-state index in [4.69, 9.17) is 4.74 Å². The third-order valence-corrected chi connectivity index (χ3v) is 4.37. The van der Waals surface area contributed by atoms with E-state index in [1.807, 2.05) is 48.5 Å². The molecule has 2 aromatic rings. The van der Waals surface area contributed by atoms with Crippen LogP contribution in [-0.4, -0.2) is 18.2 Å². The second kappa shape index (κ2) is 7.27. The molecule has 0 aromatic heterocycles. The highest BCUT2D eigenvalue weighted by molar-refractivity contribution is 9.10. The average Bonchev–Trinajstić information content (AvgIpc) is 2.50. The minimum Gasteiger partial charge on any atom is -0.496 e. The Morgan fingerprint density at radius 1 is 1.19 bits per heavy atom. The van der Waals surface area contributed by atoms with E-state index in [1.165, 1.54) is 0 Å². The summed E-state index contributed by atoms with van der Waals surface area (Å²) in [6, 6.07) is 15.1. The van der Waals surface area contributed by atoms with E-state index in [0.717, 1.165) is 21.3 Å². The van der Waals surface area contributed by atoms with Gasteiger partial charge in [0.05, 0.1) is 17.5 Å². The van der Waals surface area contributed by atoms with E-state index >= 15 is 0 Å². The van der Waals surface area contributed by atoms with Crippen molar-refractivity contribution in [2.75, 3.05) is 7.11 Å². The molecule has 2 rings (SSSR count). The minimum absolute atomic E-state index is 0.496. The number of aryl methyl sites for hydroxylation is 1. The Kier molecular flexibility index (Phi) is 5.39. The highest BCUT2D eigenvalue weighted by atomic mass is 79.9. The molecule has 0 fully saturated rings. The molecule has 4 heteroatoms. The third-order valence-electron chi connectivity index (χ3n) is 3.47. The van der Waals surface area contributed by atoms with E-state index in [2.05, 4.69) is 15.9 Å². The average molecular weight is 349 g/mol. The molecule has 0 aliphatic carbocycles. The maximum absolute atomic E-state index is 11.5. The Bertz CT molecular complexity index is 611. The van der Waals surface area contributed by atoms with E-state index < -0.39 is 11.9 Å². The highest BCUT2D eigenvalue weighted by Crippen LogP contribution is 2.31. The zero-order valence-corrected chi connectivity index (χ0v) is 13.3. The lowest BCUT2D eigenvalue weighted by Gasteiger charge is -2.14. The van der Waals surface area contributed by atoms with Crippen LogP contribution in [-0.2, 0) is 11.2 Å². The molecule has 0 amide bonds. The van der Waals surface area contributed by atoms with Gasteiger partial charge in [-0.15, -0.1) is 0 Å². The van der Waals surface area contributed by atoms with Crippen LogP contribution in [0.15, 0.2) is 53.0 Å². The molecule has 1 N–H and O–H groups in total. The first kappa shape index (κ1) is 15.6. The summed E-state index contributed by atoms with van der Waals surface area (Å²) >= 11 is 3.51. The van der Waals surface area contributed by atoms with Crippen LogP contribution >= 0.6 is 15.9 Å². The summed E-state index contributed by atoms with van der Waals surface area (Å²) in [5.74, 6) is -0.524. The van der Waals surface area contributed by atoms with Crippen molar-refractivity contribution in [3.05, 3.63) is 64.1 Å². The third kappa shape index (κ3) is 3.85. The molecule has 0 unspecified atom stereocenters. The zero-order valence-electron chi connectivity index (χ0n) is 11.8. The van der Waals surface area contributed by atoms with Crippen LogP contribution < -0.4 is 4.74 Å². The molecule has 21 heavy (non-hydrogen) atoms. The van der Waals surface area contributed by atoms with Crippen molar-refractivity contribution in [1.29, 1.82) is 0 Å². The maximum atomic E-state index is 11.5. The lowest BCUT2D eigenvalue weighted by molar-refractivity contribution is -0.138. The lowest BCUT2D eigenvalue weighted by Crippen LogP contribution is -2.12. The first-order valence-electron chi connectivity index (χ1n) is 6.72. The predicted octanol–water partition coefficient (Wildman–Crippen LogP) is 4.26. The molecule has 0 saturated heterocycles. The Balaban J connectivity index is 2.15. The molecular weight excluding hydrogens is 332 g/mol. The van der Waals surface area contributed by atoms with Crippen LogP contribution in [0.25, 0.3) is 0 Å². The zero-order chi connectivity index (χ0) is 15.2. The number of hydrogen-bond acceptors (Lipinski definition) is 2. The fourth-order valence-electron chi connectivity index (χ4n) is 2.32. The smallest absolute Gasteiger partial charge is 0.310 e. The molecular formula is C17H17BrO3. The highest BCUT2D eigenvalue weighted by Gasteiger charge is 2.20. The summed E-state index contributed by atoms with van der Waals surface area (Å²) < 4.78 is 6.15. The molecule has 1 atom stereocenters. The number of rotatable bonds is 6. The number of hydrogen-bond donors (Lipinski definition) is 1. The monoisotopic (exact) mass is 348 g/mol. The quantitative estimate of drug-likeness (QED) is 0.848. The van der Waals surface area contributed by atoms with Gasteiger partial charge >= 0.3 is 5.97 Å². The number of benzene rings is 2. The van der Waals surface area contributed by atoms with E-state index in [-0.39, 0.29) is 0 Å². The van der Waals surface area contributed by atoms with Crippen molar-refractivity contribution in [1.82, 2.24) is 0 Å². The van der Waals surface area contributed by atoms with Gasteiger partial charge in [0.25, 0.3) is 0 Å². The first-order valence-corrected chi connectivity index (χ1v) is 7.52. The SMILES string of the molecule is COc1cccc(CC[C@H](C(=O)O)c2ccccc2)c1Br. The second-order valence-corrected chi connectivity index (χ2v) is 5.57. The largest absolute Gasteiger partial charge is 0.496 e. The van der Waals surface area contributed by atoms with Gasteiger partial charge in [-0.3, -0.25) is 4.79 Å². The van der Waals surface area contributed by atoms with E-state index in [9.17, 15) is 9.90 Å². The molecule has 110 valence electrons. The summed E-state index contributed by atoms with van der Waals surface area (Å²) in [6.45, 7) is 0. The fourth-order valence-corrected chi connectivity index (χ4v) is 2.95. The van der Waals surface area contributed by atoms with Crippen LogP contribution in [0.5, 0.6) is 5.75 Å². The van der Waals surface area contributed by atoms with Gasteiger partial charge in [-0.05, 0) is 46.0 Å². The summed E-state index contributed by atoms with van der Waals surface area (Å²) in [7, 11) is 1.62. The Labute approximate surface area is 132 Å². The Hall–Kier alpha value is -1.81. The minimum atomic E-state index is -0.791. The van der Waals surface area contributed by atoms with Gasteiger partial charge in [-0.1, -0.05) is 42.5 Å². The predicted molar refractivity (Wildman–Crippen MR) is 85.8 cm³/mol. The van der Waals surface area contributed by atoms with Crippen molar-refractivity contribution < 1.29 is 14.6 Å². The summed E-state index contributed by atoms with van der Waals surface area (Å²) in [6.07, 6.45) is 1.22. The van der Waals surface area contributed by atoms with Crippen LogP contribution in [0.3, 0.4) is 0 Å². The van der Waals surface area contributed by atoms with Crippen molar-refractivity contribution in [2.45, 2.75) is 18.8 Å². The Morgan fingerprint density at radius 3 is 2.52 bits per heavy atom. The molecule has 0 radical (unpaired) electrons. The van der Waals surface area contributed by atoms with Gasteiger partial charge in [-0.25, -0.2) is 0 Å². The van der Waals surface area contributed by atoms with Gasteiger partial charge < -0.3 is 9.84 Å². The van der Waals surface area contributed by atoms with Gasteiger partial charge in [0.15, 0.2) is 0 Å². The van der Waals surface area contributed by atoms with Crippen LogP contribution in [0.1, 0.15) is 23.5 Å². The molecule has 0 saturated carbocycles. The van der Waals surface area contributed by atoms with Crippen molar-refractivity contribution >= 4 is 21.9 Å². The molecule has 3 nitrogen and oxygen atoms in total. The Morgan fingerprint density at radius 2 is 1.90 bits per heavy atom. The molecule has 0 bridgehead atoms. The topological polar surface area (TPSA) is 46.5 Å². The van der Waals surface area contributed by atoms with Gasteiger partial charge in [-0.2, -0.15) is 0 Å². The summed E-state index contributed by atoms with van der Waals surface area (Å²) in [5, 5.41) is 9.44. The van der Waals surface area contributed by atoms with Gasteiger partial charge in [0.1, 0.15) is 5.75 Å². The van der Waals surface area contributed by atoms with Crippen LogP contribution in [0.4, 0.5) is 0 Å². The normalized spacial score (nSPS) is 11.9. The number of carbonyl (C=O) groups is 1. The molecule has 0 spiro atoms. The maximum Gasteiger partial charge on any atom is 0.310 e. The van der Waals surface area contributed by atoms with Crippen molar-refractivity contribution in [3.8, 4) is 5.75 Å². The molecule has 0 aliphatic heterocycles. The standard InChI is InChI=1S/C17H17BrO3/c1-21-15-9-5-8-13(16(15)18)10-11-14(17(19)20)12-6-3-2-4-7-12/h2-9,14H,10-11H2,1H3,(H,19,20)/t14-/m0/s1.